The summed E-state index contributed by atoms with van der Waals surface area (Å²) in [5.74, 6) is 0.920. The molecule has 0 fully saturated rings. The molecular weight excluding hydrogens is 200 g/mol. The molecule has 0 saturated heterocycles. The van der Waals surface area contributed by atoms with E-state index < -0.39 is 0 Å². The van der Waals surface area contributed by atoms with Crippen LogP contribution in [0.5, 0.6) is 0 Å². The standard InChI is InChI=1S/C12H16N4/c1-3-7-13-12-6-4-5-11(15-12)10-8-14-16(2)9-10/h4-6,8-9H,3,7H2,1-2H3,(H,13,15). The second-order valence-corrected chi connectivity index (χ2v) is 3.74. The lowest BCUT2D eigenvalue weighted by molar-refractivity contribution is 0.768. The van der Waals surface area contributed by atoms with Gasteiger partial charge in [0.1, 0.15) is 5.82 Å². The number of pyridine rings is 1. The Kier molecular flexibility index (Phi) is 3.19. The topological polar surface area (TPSA) is 42.7 Å². The first-order valence-corrected chi connectivity index (χ1v) is 5.49. The van der Waals surface area contributed by atoms with E-state index >= 15 is 0 Å². The molecule has 0 radical (unpaired) electrons. The molecule has 4 nitrogen and oxygen atoms in total. The third kappa shape index (κ3) is 2.39. The van der Waals surface area contributed by atoms with Crippen molar-refractivity contribution in [1.29, 1.82) is 0 Å². The fraction of sp³-hybridized carbons (Fsp3) is 0.333. The van der Waals surface area contributed by atoms with Gasteiger partial charge in [-0.15, -0.1) is 0 Å². The molecule has 1 N–H and O–H groups in total. The Labute approximate surface area is 95.3 Å². The van der Waals surface area contributed by atoms with E-state index in [0.717, 1.165) is 30.0 Å². The van der Waals surface area contributed by atoms with Gasteiger partial charge in [-0.1, -0.05) is 13.0 Å². The Balaban J connectivity index is 2.22. The minimum Gasteiger partial charge on any atom is -0.370 e. The average molecular weight is 216 g/mol. The van der Waals surface area contributed by atoms with Gasteiger partial charge in [0.15, 0.2) is 0 Å². The summed E-state index contributed by atoms with van der Waals surface area (Å²) in [6, 6.07) is 5.98. The number of hydrogen-bond donors (Lipinski definition) is 1. The molecule has 2 aromatic heterocycles. The summed E-state index contributed by atoms with van der Waals surface area (Å²) in [5.41, 5.74) is 2.00. The van der Waals surface area contributed by atoms with Crippen LogP contribution in [0.3, 0.4) is 0 Å². The van der Waals surface area contributed by atoms with Crippen molar-refractivity contribution >= 4 is 5.82 Å². The van der Waals surface area contributed by atoms with Crippen LogP contribution in [0.25, 0.3) is 11.3 Å². The van der Waals surface area contributed by atoms with Gasteiger partial charge in [-0.2, -0.15) is 5.10 Å². The molecule has 0 aliphatic rings. The van der Waals surface area contributed by atoms with Crippen LogP contribution >= 0.6 is 0 Å². The van der Waals surface area contributed by atoms with Crippen LogP contribution in [0.2, 0.25) is 0 Å². The van der Waals surface area contributed by atoms with Gasteiger partial charge in [0.2, 0.25) is 0 Å². The monoisotopic (exact) mass is 216 g/mol. The first kappa shape index (κ1) is 10.7. The van der Waals surface area contributed by atoms with Crippen molar-refractivity contribution in [2.45, 2.75) is 13.3 Å². The second kappa shape index (κ2) is 4.79. The fourth-order valence-corrected chi connectivity index (χ4v) is 1.50. The van der Waals surface area contributed by atoms with Gasteiger partial charge in [0.05, 0.1) is 11.9 Å². The highest BCUT2D eigenvalue weighted by atomic mass is 15.2. The quantitative estimate of drug-likeness (QED) is 0.852. The zero-order chi connectivity index (χ0) is 11.4. The third-order valence-corrected chi connectivity index (χ3v) is 2.31. The van der Waals surface area contributed by atoms with E-state index in [0.29, 0.717) is 0 Å². The van der Waals surface area contributed by atoms with Crippen molar-refractivity contribution < 1.29 is 0 Å². The first-order valence-electron chi connectivity index (χ1n) is 5.49. The molecule has 0 spiro atoms. The van der Waals surface area contributed by atoms with E-state index in [1.165, 1.54) is 0 Å². The summed E-state index contributed by atoms with van der Waals surface area (Å²) in [4.78, 5) is 4.53. The summed E-state index contributed by atoms with van der Waals surface area (Å²) in [7, 11) is 1.91. The molecule has 16 heavy (non-hydrogen) atoms. The molecule has 2 rings (SSSR count). The molecule has 2 aromatic rings. The first-order chi connectivity index (χ1) is 7.79. The molecule has 2 heterocycles. The summed E-state index contributed by atoms with van der Waals surface area (Å²) in [6.45, 7) is 3.08. The highest BCUT2D eigenvalue weighted by Crippen LogP contribution is 2.17. The highest BCUT2D eigenvalue weighted by Gasteiger charge is 2.02. The number of hydrogen-bond acceptors (Lipinski definition) is 3. The Hall–Kier alpha value is -1.84. The molecule has 0 aliphatic carbocycles. The molecule has 0 aromatic carbocycles. The smallest absolute Gasteiger partial charge is 0.126 e. The predicted molar refractivity (Wildman–Crippen MR) is 65.2 cm³/mol. The highest BCUT2D eigenvalue weighted by molar-refractivity contribution is 5.59. The van der Waals surface area contributed by atoms with Gasteiger partial charge in [0.25, 0.3) is 0 Å². The van der Waals surface area contributed by atoms with E-state index in [9.17, 15) is 0 Å². The van der Waals surface area contributed by atoms with Crippen LogP contribution in [-0.2, 0) is 7.05 Å². The van der Waals surface area contributed by atoms with Crippen molar-refractivity contribution in [3.63, 3.8) is 0 Å². The van der Waals surface area contributed by atoms with Crippen LogP contribution in [0.4, 0.5) is 5.82 Å². The Morgan fingerprint density at radius 1 is 1.38 bits per heavy atom. The van der Waals surface area contributed by atoms with Gasteiger partial charge in [-0.25, -0.2) is 4.98 Å². The molecule has 0 atom stereocenters. The van der Waals surface area contributed by atoms with Crippen molar-refractivity contribution in [2.24, 2.45) is 7.05 Å². The molecule has 4 heteroatoms. The van der Waals surface area contributed by atoms with Gasteiger partial charge < -0.3 is 5.32 Å². The number of nitrogens with one attached hydrogen (secondary N) is 1. The third-order valence-electron chi connectivity index (χ3n) is 2.31. The van der Waals surface area contributed by atoms with E-state index in [1.807, 2.05) is 37.6 Å². The molecule has 84 valence electrons. The van der Waals surface area contributed by atoms with Gasteiger partial charge >= 0.3 is 0 Å². The average Bonchev–Trinajstić information content (AvgIpc) is 2.74. The summed E-state index contributed by atoms with van der Waals surface area (Å²) >= 11 is 0. The van der Waals surface area contributed by atoms with Gasteiger partial charge in [-0.3, -0.25) is 4.68 Å². The van der Waals surface area contributed by atoms with E-state index in [1.54, 1.807) is 4.68 Å². The number of anilines is 1. The van der Waals surface area contributed by atoms with Gasteiger partial charge in [0, 0.05) is 25.4 Å². The lowest BCUT2D eigenvalue weighted by Gasteiger charge is -2.04. The Bertz CT molecular complexity index is 462. The zero-order valence-corrected chi connectivity index (χ0v) is 9.64. The van der Waals surface area contributed by atoms with E-state index in [-0.39, 0.29) is 0 Å². The summed E-state index contributed by atoms with van der Waals surface area (Å²) in [6.07, 6.45) is 4.89. The van der Waals surface area contributed by atoms with Crippen LogP contribution in [-0.4, -0.2) is 21.3 Å². The predicted octanol–water partition coefficient (Wildman–Crippen LogP) is 2.30. The zero-order valence-electron chi connectivity index (χ0n) is 9.64. The molecule has 0 bridgehead atoms. The number of aryl methyl sites for hydroxylation is 1. The molecular formula is C12H16N4. The number of rotatable bonds is 4. The molecule has 0 aliphatic heterocycles. The maximum absolute atomic E-state index is 4.53. The summed E-state index contributed by atoms with van der Waals surface area (Å²) < 4.78 is 1.78. The second-order valence-electron chi connectivity index (χ2n) is 3.74. The lowest BCUT2D eigenvalue weighted by atomic mass is 10.2. The molecule has 0 amide bonds. The van der Waals surface area contributed by atoms with Crippen LogP contribution in [0.15, 0.2) is 30.6 Å². The molecule has 0 saturated carbocycles. The summed E-state index contributed by atoms with van der Waals surface area (Å²) in [5, 5.41) is 7.41. The number of aromatic nitrogens is 3. The minimum atomic E-state index is 0.920. The number of nitrogens with zero attached hydrogens (tertiary/aromatic N) is 3. The van der Waals surface area contributed by atoms with E-state index in [2.05, 4.69) is 22.3 Å². The Morgan fingerprint density at radius 3 is 2.94 bits per heavy atom. The van der Waals surface area contributed by atoms with Crippen molar-refractivity contribution in [2.75, 3.05) is 11.9 Å². The van der Waals surface area contributed by atoms with Crippen LogP contribution in [0.1, 0.15) is 13.3 Å². The van der Waals surface area contributed by atoms with Crippen molar-refractivity contribution in [3.8, 4) is 11.3 Å². The minimum absolute atomic E-state index is 0.920. The van der Waals surface area contributed by atoms with Crippen molar-refractivity contribution in [3.05, 3.63) is 30.6 Å². The fourth-order valence-electron chi connectivity index (χ4n) is 1.50. The molecule has 0 unspecified atom stereocenters. The maximum atomic E-state index is 4.53. The van der Waals surface area contributed by atoms with Gasteiger partial charge in [-0.05, 0) is 18.6 Å². The normalized spacial score (nSPS) is 10.4. The largest absolute Gasteiger partial charge is 0.370 e. The SMILES string of the molecule is CCCNc1cccc(-c2cnn(C)c2)n1. The maximum Gasteiger partial charge on any atom is 0.126 e. The van der Waals surface area contributed by atoms with Crippen LogP contribution in [0, 0.1) is 0 Å². The Morgan fingerprint density at radius 2 is 2.25 bits per heavy atom. The lowest BCUT2D eigenvalue weighted by Crippen LogP contribution is -2.01. The van der Waals surface area contributed by atoms with E-state index in [4.69, 9.17) is 0 Å². The van der Waals surface area contributed by atoms with Crippen LogP contribution < -0.4 is 5.32 Å². The van der Waals surface area contributed by atoms with Crippen molar-refractivity contribution in [1.82, 2.24) is 14.8 Å².